The van der Waals surface area contributed by atoms with Crippen LogP contribution in [0.1, 0.15) is 25.7 Å². The Kier molecular flexibility index (Phi) is 2.04. The minimum Gasteiger partial charge on any atom is -0.384 e. The molecule has 3 heteroatoms. The quantitative estimate of drug-likeness (QED) is 0.775. The highest BCUT2D eigenvalue weighted by molar-refractivity contribution is 5.50. The molecule has 1 aromatic rings. The lowest BCUT2D eigenvalue weighted by Crippen LogP contribution is -2.25. The third-order valence-corrected chi connectivity index (χ3v) is 3.87. The van der Waals surface area contributed by atoms with Gasteiger partial charge in [0.15, 0.2) is 0 Å². The van der Waals surface area contributed by atoms with Gasteiger partial charge < -0.3 is 11.1 Å². The third kappa shape index (κ3) is 1.66. The molecular formula is C12H17N3. The van der Waals surface area contributed by atoms with E-state index >= 15 is 0 Å². The number of nitrogen functional groups attached to an aromatic ring is 1. The molecule has 0 amide bonds. The Balaban J connectivity index is 1.71. The first-order valence-corrected chi connectivity index (χ1v) is 5.79. The third-order valence-electron chi connectivity index (χ3n) is 3.87. The van der Waals surface area contributed by atoms with Crippen LogP contribution in [0.3, 0.4) is 0 Å². The van der Waals surface area contributed by atoms with Crippen LogP contribution in [0.15, 0.2) is 18.3 Å². The summed E-state index contributed by atoms with van der Waals surface area (Å²) in [6.07, 6.45) is 7.39. The largest absolute Gasteiger partial charge is 0.384 e. The van der Waals surface area contributed by atoms with Gasteiger partial charge in [0.25, 0.3) is 0 Å². The fraction of sp³-hybridized carbons (Fsp3) is 0.583. The molecule has 2 aliphatic carbocycles. The zero-order valence-corrected chi connectivity index (χ0v) is 8.82. The summed E-state index contributed by atoms with van der Waals surface area (Å²) in [4.78, 5) is 4.00. The van der Waals surface area contributed by atoms with E-state index in [0.717, 1.165) is 17.5 Å². The van der Waals surface area contributed by atoms with Gasteiger partial charge in [0, 0.05) is 24.0 Å². The molecule has 2 fully saturated rings. The number of fused-ring (bicyclic) bond motifs is 2. The van der Waals surface area contributed by atoms with E-state index < -0.39 is 0 Å². The molecule has 15 heavy (non-hydrogen) atoms. The fourth-order valence-corrected chi connectivity index (χ4v) is 3.17. The normalized spacial score (nSPS) is 33.2. The van der Waals surface area contributed by atoms with Gasteiger partial charge in [-0.3, -0.25) is 0 Å². The number of nitrogens with zero attached hydrogens (tertiary/aromatic N) is 1. The van der Waals surface area contributed by atoms with E-state index in [1.165, 1.54) is 25.7 Å². The molecule has 0 spiro atoms. The van der Waals surface area contributed by atoms with E-state index in [2.05, 4.69) is 10.3 Å². The molecule has 2 saturated carbocycles. The van der Waals surface area contributed by atoms with Crippen molar-refractivity contribution in [3.8, 4) is 0 Å². The van der Waals surface area contributed by atoms with E-state index in [9.17, 15) is 0 Å². The monoisotopic (exact) mass is 203 g/mol. The predicted molar refractivity (Wildman–Crippen MR) is 61.5 cm³/mol. The SMILES string of the molecule is Nc1cc(NC2CC3CCC2C3)ccn1. The molecule has 0 aliphatic heterocycles. The van der Waals surface area contributed by atoms with Crippen LogP contribution in [0.25, 0.3) is 0 Å². The molecule has 0 saturated heterocycles. The smallest absolute Gasteiger partial charge is 0.125 e. The van der Waals surface area contributed by atoms with Crippen LogP contribution in [0.5, 0.6) is 0 Å². The van der Waals surface area contributed by atoms with Crippen LogP contribution >= 0.6 is 0 Å². The highest BCUT2D eigenvalue weighted by Gasteiger charge is 2.39. The molecule has 1 aromatic heterocycles. The summed E-state index contributed by atoms with van der Waals surface area (Å²) in [6.45, 7) is 0. The van der Waals surface area contributed by atoms with Crippen molar-refractivity contribution in [2.75, 3.05) is 11.1 Å². The van der Waals surface area contributed by atoms with Crippen LogP contribution in [0.2, 0.25) is 0 Å². The van der Waals surface area contributed by atoms with Gasteiger partial charge in [-0.25, -0.2) is 4.98 Å². The van der Waals surface area contributed by atoms with Crippen molar-refractivity contribution in [3.63, 3.8) is 0 Å². The van der Waals surface area contributed by atoms with Gasteiger partial charge in [0.05, 0.1) is 0 Å². The van der Waals surface area contributed by atoms with E-state index in [-0.39, 0.29) is 0 Å². The standard InChI is InChI=1S/C12H17N3/c13-12-7-10(3-4-14-12)15-11-6-8-1-2-9(11)5-8/h3-4,7-9,11H,1-2,5-6H2,(H3,13,14,15). The summed E-state index contributed by atoms with van der Waals surface area (Å²) in [5.41, 5.74) is 6.78. The van der Waals surface area contributed by atoms with Crippen LogP contribution < -0.4 is 11.1 Å². The summed E-state index contributed by atoms with van der Waals surface area (Å²) in [5, 5.41) is 3.59. The number of pyridine rings is 1. The first kappa shape index (κ1) is 9.01. The maximum atomic E-state index is 5.66. The molecule has 3 rings (SSSR count). The summed E-state index contributed by atoms with van der Waals surface area (Å²) in [6, 6.07) is 4.60. The van der Waals surface area contributed by atoms with Gasteiger partial charge in [-0.15, -0.1) is 0 Å². The molecule has 0 radical (unpaired) electrons. The van der Waals surface area contributed by atoms with Gasteiger partial charge in [-0.05, 0) is 37.2 Å². The number of aromatic nitrogens is 1. The fourth-order valence-electron chi connectivity index (χ4n) is 3.17. The van der Waals surface area contributed by atoms with Gasteiger partial charge in [0.1, 0.15) is 5.82 Å². The lowest BCUT2D eigenvalue weighted by Gasteiger charge is -2.23. The second-order valence-corrected chi connectivity index (χ2v) is 4.90. The van der Waals surface area contributed by atoms with Crippen molar-refractivity contribution in [2.24, 2.45) is 11.8 Å². The number of anilines is 2. The number of hydrogen-bond donors (Lipinski definition) is 2. The van der Waals surface area contributed by atoms with Crippen LogP contribution in [-0.2, 0) is 0 Å². The van der Waals surface area contributed by atoms with E-state index in [1.54, 1.807) is 6.20 Å². The Labute approximate surface area is 90.1 Å². The second kappa shape index (κ2) is 3.40. The summed E-state index contributed by atoms with van der Waals surface area (Å²) in [7, 11) is 0. The molecular weight excluding hydrogens is 186 g/mol. The molecule has 3 N–H and O–H groups in total. The van der Waals surface area contributed by atoms with Crippen molar-refractivity contribution in [2.45, 2.75) is 31.7 Å². The molecule has 3 nitrogen and oxygen atoms in total. The maximum absolute atomic E-state index is 5.66. The lowest BCUT2D eigenvalue weighted by molar-refractivity contribution is 0.440. The van der Waals surface area contributed by atoms with Gasteiger partial charge >= 0.3 is 0 Å². The van der Waals surface area contributed by atoms with Gasteiger partial charge in [-0.2, -0.15) is 0 Å². The Morgan fingerprint density at radius 2 is 2.27 bits per heavy atom. The first-order chi connectivity index (χ1) is 7.31. The Morgan fingerprint density at radius 3 is 2.93 bits per heavy atom. The number of hydrogen-bond acceptors (Lipinski definition) is 3. The molecule has 3 atom stereocenters. The minimum absolute atomic E-state index is 0.600. The number of rotatable bonds is 2. The van der Waals surface area contributed by atoms with E-state index in [1.807, 2.05) is 12.1 Å². The van der Waals surface area contributed by atoms with E-state index in [4.69, 9.17) is 5.73 Å². The predicted octanol–water partition coefficient (Wildman–Crippen LogP) is 2.26. The highest BCUT2D eigenvalue weighted by atomic mass is 15.0. The Hall–Kier alpha value is -1.25. The molecule has 2 aliphatic rings. The zero-order valence-electron chi connectivity index (χ0n) is 8.82. The van der Waals surface area contributed by atoms with Crippen molar-refractivity contribution in [3.05, 3.63) is 18.3 Å². The summed E-state index contributed by atoms with van der Waals surface area (Å²) >= 11 is 0. The van der Waals surface area contributed by atoms with Crippen molar-refractivity contribution in [1.29, 1.82) is 0 Å². The van der Waals surface area contributed by atoms with Gasteiger partial charge in [0.2, 0.25) is 0 Å². The van der Waals surface area contributed by atoms with Crippen molar-refractivity contribution < 1.29 is 0 Å². The average Bonchev–Trinajstić information content (AvgIpc) is 2.79. The molecule has 0 aromatic carbocycles. The van der Waals surface area contributed by atoms with Crippen molar-refractivity contribution in [1.82, 2.24) is 4.98 Å². The average molecular weight is 203 g/mol. The van der Waals surface area contributed by atoms with Crippen molar-refractivity contribution >= 4 is 11.5 Å². The van der Waals surface area contributed by atoms with Gasteiger partial charge in [-0.1, -0.05) is 6.42 Å². The molecule has 1 heterocycles. The maximum Gasteiger partial charge on any atom is 0.125 e. The summed E-state index contributed by atoms with van der Waals surface area (Å²) < 4.78 is 0. The topological polar surface area (TPSA) is 50.9 Å². The zero-order chi connectivity index (χ0) is 10.3. The van der Waals surface area contributed by atoms with Crippen LogP contribution in [0.4, 0.5) is 11.5 Å². The number of nitrogens with two attached hydrogens (primary N) is 1. The Morgan fingerprint density at radius 1 is 1.33 bits per heavy atom. The highest BCUT2D eigenvalue weighted by Crippen LogP contribution is 2.45. The summed E-state index contributed by atoms with van der Waals surface area (Å²) in [5.74, 6) is 2.47. The number of nitrogens with one attached hydrogen (secondary N) is 1. The van der Waals surface area contributed by atoms with Crippen LogP contribution in [-0.4, -0.2) is 11.0 Å². The molecule has 80 valence electrons. The Bertz CT molecular complexity index is 364. The first-order valence-electron chi connectivity index (χ1n) is 5.79. The minimum atomic E-state index is 0.600. The lowest BCUT2D eigenvalue weighted by atomic mass is 9.95. The van der Waals surface area contributed by atoms with E-state index in [0.29, 0.717) is 11.9 Å². The second-order valence-electron chi connectivity index (χ2n) is 4.90. The molecule has 3 unspecified atom stereocenters. The molecule has 2 bridgehead atoms. The van der Waals surface area contributed by atoms with Crippen LogP contribution in [0, 0.1) is 11.8 Å².